The lowest BCUT2D eigenvalue weighted by molar-refractivity contribution is -0.138. The predicted octanol–water partition coefficient (Wildman–Crippen LogP) is 4.53. The van der Waals surface area contributed by atoms with Crippen molar-refractivity contribution in [1.82, 2.24) is 20.2 Å². The molecule has 0 unspecified atom stereocenters. The lowest BCUT2D eigenvalue weighted by Crippen LogP contribution is -2.37. The molecule has 9 heteroatoms. The molecule has 0 fully saturated rings. The predicted molar refractivity (Wildman–Crippen MR) is 116 cm³/mol. The molecule has 0 saturated carbocycles. The monoisotopic (exact) mass is 439 g/mol. The number of guanidine groups is 1. The lowest BCUT2D eigenvalue weighted by atomic mass is 10.1. The van der Waals surface area contributed by atoms with Crippen LogP contribution < -0.4 is 15.4 Å². The second-order valence-electron chi connectivity index (χ2n) is 8.26. The minimum absolute atomic E-state index is 0.00144. The van der Waals surface area contributed by atoms with Gasteiger partial charge in [0.25, 0.3) is 0 Å². The Hall–Kier alpha value is -2.71. The van der Waals surface area contributed by atoms with Crippen LogP contribution >= 0.6 is 0 Å². The van der Waals surface area contributed by atoms with Crippen LogP contribution in [0.25, 0.3) is 0 Å². The molecule has 0 amide bonds. The molecule has 2 N–H and O–H groups in total. The molecule has 0 aliphatic carbocycles. The molecular formula is C22H32F3N5O. The van der Waals surface area contributed by atoms with Gasteiger partial charge in [0, 0.05) is 39.1 Å². The molecule has 2 rings (SSSR count). The fourth-order valence-electron chi connectivity index (χ4n) is 3.04. The van der Waals surface area contributed by atoms with Gasteiger partial charge in [0.1, 0.15) is 17.2 Å². The molecule has 0 aliphatic rings. The maximum absolute atomic E-state index is 13.6. The summed E-state index contributed by atoms with van der Waals surface area (Å²) in [6.45, 7) is 8.88. The molecule has 0 atom stereocenters. The molecule has 0 bridgehead atoms. The Kier molecular flexibility index (Phi) is 8.36. The van der Waals surface area contributed by atoms with E-state index >= 15 is 0 Å². The third kappa shape index (κ3) is 8.15. The SMILES string of the molecule is CN=C(NCCCCn1ccnc1C)NCc1ccc(OC(C)(C)C)cc1C(F)(F)F. The van der Waals surface area contributed by atoms with E-state index in [9.17, 15) is 13.2 Å². The van der Waals surface area contributed by atoms with Gasteiger partial charge < -0.3 is 19.9 Å². The molecular weight excluding hydrogens is 407 g/mol. The number of aromatic nitrogens is 2. The number of hydrogen-bond donors (Lipinski definition) is 2. The molecule has 0 radical (unpaired) electrons. The summed E-state index contributed by atoms with van der Waals surface area (Å²) in [5, 5.41) is 6.11. The van der Waals surface area contributed by atoms with Crippen molar-refractivity contribution in [3.05, 3.63) is 47.5 Å². The summed E-state index contributed by atoms with van der Waals surface area (Å²) in [5.41, 5.74) is -1.16. The zero-order valence-corrected chi connectivity index (χ0v) is 18.8. The first-order chi connectivity index (χ1) is 14.5. The normalized spacial score (nSPS) is 12.7. The lowest BCUT2D eigenvalue weighted by Gasteiger charge is -2.23. The number of unbranched alkanes of at least 4 members (excludes halogenated alkanes) is 1. The third-order valence-corrected chi connectivity index (χ3v) is 4.52. The summed E-state index contributed by atoms with van der Waals surface area (Å²) in [5.74, 6) is 1.63. The molecule has 6 nitrogen and oxygen atoms in total. The van der Waals surface area contributed by atoms with Gasteiger partial charge in [0.2, 0.25) is 0 Å². The number of ether oxygens (including phenoxy) is 1. The van der Waals surface area contributed by atoms with Gasteiger partial charge in [-0.05, 0) is 58.2 Å². The van der Waals surface area contributed by atoms with Crippen molar-refractivity contribution in [3.63, 3.8) is 0 Å². The maximum atomic E-state index is 13.6. The minimum Gasteiger partial charge on any atom is -0.488 e. The van der Waals surface area contributed by atoms with Gasteiger partial charge in [-0.1, -0.05) is 6.07 Å². The van der Waals surface area contributed by atoms with Crippen molar-refractivity contribution < 1.29 is 17.9 Å². The number of nitrogens with zero attached hydrogens (tertiary/aromatic N) is 3. The first-order valence-corrected chi connectivity index (χ1v) is 10.3. The summed E-state index contributed by atoms with van der Waals surface area (Å²) in [6.07, 6.45) is 1.09. The van der Waals surface area contributed by atoms with E-state index in [-0.39, 0.29) is 17.9 Å². The molecule has 1 heterocycles. The van der Waals surface area contributed by atoms with Crippen LogP contribution in [0.3, 0.4) is 0 Å². The number of benzene rings is 1. The van der Waals surface area contributed by atoms with Crippen LogP contribution in [0.5, 0.6) is 5.75 Å². The van der Waals surface area contributed by atoms with Gasteiger partial charge in [-0.25, -0.2) is 4.98 Å². The topological polar surface area (TPSA) is 63.5 Å². The Labute approximate surface area is 181 Å². The van der Waals surface area contributed by atoms with Gasteiger partial charge in [0.15, 0.2) is 5.96 Å². The number of aliphatic imine (C=N–C) groups is 1. The largest absolute Gasteiger partial charge is 0.488 e. The van der Waals surface area contributed by atoms with Crippen LogP contribution in [0.2, 0.25) is 0 Å². The van der Waals surface area contributed by atoms with E-state index in [4.69, 9.17) is 4.74 Å². The number of aryl methyl sites for hydroxylation is 2. The first-order valence-electron chi connectivity index (χ1n) is 10.3. The Balaban J connectivity index is 1.89. The number of imidazole rings is 1. The second kappa shape index (κ2) is 10.5. The Morgan fingerprint density at radius 2 is 1.90 bits per heavy atom. The van der Waals surface area contributed by atoms with Crippen LogP contribution in [0.4, 0.5) is 13.2 Å². The van der Waals surface area contributed by atoms with E-state index in [2.05, 4.69) is 25.2 Å². The van der Waals surface area contributed by atoms with E-state index in [0.717, 1.165) is 31.3 Å². The molecule has 172 valence electrons. The van der Waals surface area contributed by atoms with E-state index < -0.39 is 17.3 Å². The number of hydrogen-bond acceptors (Lipinski definition) is 3. The highest BCUT2D eigenvalue weighted by Gasteiger charge is 2.34. The van der Waals surface area contributed by atoms with Crippen molar-refractivity contribution >= 4 is 5.96 Å². The van der Waals surface area contributed by atoms with Crippen molar-refractivity contribution in [2.24, 2.45) is 4.99 Å². The van der Waals surface area contributed by atoms with Crippen LogP contribution in [0.1, 0.15) is 50.6 Å². The van der Waals surface area contributed by atoms with Crippen LogP contribution in [-0.4, -0.2) is 34.7 Å². The molecule has 0 saturated heterocycles. The fourth-order valence-corrected chi connectivity index (χ4v) is 3.04. The van der Waals surface area contributed by atoms with Crippen molar-refractivity contribution in [2.75, 3.05) is 13.6 Å². The summed E-state index contributed by atoms with van der Waals surface area (Å²) in [6, 6.07) is 4.06. The number of halogens is 3. The Morgan fingerprint density at radius 1 is 1.16 bits per heavy atom. The maximum Gasteiger partial charge on any atom is 0.416 e. The molecule has 1 aromatic heterocycles. The summed E-state index contributed by atoms with van der Waals surface area (Å²) >= 11 is 0. The highest BCUT2D eigenvalue weighted by atomic mass is 19.4. The minimum atomic E-state index is -4.48. The van der Waals surface area contributed by atoms with Crippen LogP contribution in [-0.2, 0) is 19.3 Å². The van der Waals surface area contributed by atoms with Gasteiger partial charge in [0.05, 0.1) is 5.56 Å². The Morgan fingerprint density at radius 3 is 2.48 bits per heavy atom. The summed E-state index contributed by atoms with van der Waals surface area (Å²) in [4.78, 5) is 8.28. The average Bonchev–Trinajstić information content (AvgIpc) is 3.07. The van der Waals surface area contributed by atoms with E-state index in [1.54, 1.807) is 40.1 Å². The van der Waals surface area contributed by atoms with Crippen molar-refractivity contribution in [2.45, 2.75) is 65.4 Å². The number of rotatable bonds is 8. The number of alkyl halides is 3. The van der Waals surface area contributed by atoms with Crippen molar-refractivity contribution in [1.29, 1.82) is 0 Å². The molecule has 0 aliphatic heterocycles. The van der Waals surface area contributed by atoms with E-state index in [1.807, 2.05) is 13.1 Å². The number of nitrogens with one attached hydrogen (secondary N) is 2. The van der Waals surface area contributed by atoms with Gasteiger partial charge in [-0.2, -0.15) is 13.2 Å². The molecule has 1 aromatic carbocycles. The van der Waals surface area contributed by atoms with E-state index in [0.29, 0.717) is 12.5 Å². The highest BCUT2D eigenvalue weighted by molar-refractivity contribution is 5.79. The van der Waals surface area contributed by atoms with Gasteiger partial charge in [-0.3, -0.25) is 4.99 Å². The first kappa shape index (κ1) is 24.6. The third-order valence-electron chi connectivity index (χ3n) is 4.52. The quantitative estimate of drug-likeness (QED) is 0.360. The average molecular weight is 440 g/mol. The summed E-state index contributed by atoms with van der Waals surface area (Å²) < 4.78 is 48.4. The van der Waals surface area contributed by atoms with Crippen LogP contribution in [0.15, 0.2) is 35.6 Å². The highest BCUT2D eigenvalue weighted by Crippen LogP contribution is 2.35. The smallest absolute Gasteiger partial charge is 0.416 e. The Bertz CT molecular complexity index is 869. The fraction of sp³-hybridized carbons (Fsp3) is 0.545. The molecule has 2 aromatic rings. The summed E-state index contributed by atoms with van der Waals surface area (Å²) in [7, 11) is 1.59. The molecule has 31 heavy (non-hydrogen) atoms. The zero-order valence-electron chi connectivity index (χ0n) is 18.8. The van der Waals surface area contributed by atoms with Crippen molar-refractivity contribution in [3.8, 4) is 5.75 Å². The standard InChI is InChI=1S/C22H32F3N5O/c1-16-27-11-13-30(16)12-7-6-10-28-20(26-5)29-15-17-8-9-18(31-21(2,3)4)14-19(17)22(23,24)25/h8-9,11,13-14H,6-7,10,12,15H2,1-5H3,(H2,26,28,29). The second-order valence-corrected chi connectivity index (χ2v) is 8.26. The molecule has 0 spiro atoms. The van der Waals surface area contributed by atoms with Crippen LogP contribution in [0, 0.1) is 6.92 Å². The van der Waals surface area contributed by atoms with E-state index in [1.165, 1.54) is 6.07 Å². The van der Waals surface area contributed by atoms with Gasteiger partial charge in [-0.15, -0.1) is 0 Å². The van der Waals surface area contributed by atoms with Gasteiger partial charge >= 0.3 is 6.18 Å². The zero-order chi connectivity index (χ0) is 23.1.